The number of thioether (sulfide) groups is 1. The number of aliphatic hydroxyl groups is 1. The Balaban J connectivity index is 1.25. The first kappa shape index (κ1) is 29.3. The standard InChI is InChI=1S/C27H30FN5O7S2/c1-15(34)19-13-33(40)23(27(38)39)22(42-25(19)33)11-30(14-41)29-6-8-31(9-7-29)32(17-3-4-17)12-20(26(36)37)24(35)18-10-16(28)2-5-21(18)32/h2,5,10,12,14-15,17,19,25,34H,3-4,6-9,11,13H2,1H3,(H-,36,37,38,39)/p+1/t15-,19+,25-,32?,33?/m1/s1. The van der Waals surface area contributed by atoms with Gasteiger partial charge in [0, 0.05) is 32.0 Å². The molecule has 12 nitrogen and oxygen atoms in total. The number of fused-ring (bicyclic) bond motifs is 2. The van der Waals surface area contributed by atoms with E-state index >= 15 is 0 Å². The van der Waals surface area contributed by atoms with Crippen LogP contribution in [0.25, 0.3) is 0 Å². The number of hydroxylamine groups is 3. The summed E-state index contributed by atoms with van der Waals surface area (Å²) in [7, 11) is 0. The van der Waals surface area contributed by atoms with Crippen LogP contribution in [0.1, 0.15) is 30.1 Å². The molecule has 5 atom stereocenters. The number of hydrazine groups is 1. The molecule has 6 rings (SSSR count). The maximum atomic E-state index is 14.2. The van der Waals surface area contributed by atoms with Gasteiger partial charge in [0.2, 0.25) is 11.5 Å². The number of Topliss-reactive ketones (excluding diaryl/α,β-unsaturated/α-hetero) is 1. The van der Waals surface area contributed by atoms with E-state index in [0.717, 1.165) is 18.9 Å². The first-order chi connectivity index (χ1) is 19.9. The number of aliphatic carboxylic acids is 2. The van der Waals surface area contributed by atoms with E-state index in [4.69, 9.17) is 12.2 Å². The summed E-state index contributed by atoms with van der Waals surface area (Å²) in [5, 5.41) is 48.4. The number of rotatable bonds is 9. The minimum absolute atomic E-state index is 0.00588. The van der Waals surface area contributed by atoms with E-state index in [0.29, 0.717) is 36.8 Å². The topological polar surface area (TPSA) is 145 Å². The van der Waals surface area contributed by atoms with E-state index in [1.54, 1.807) is 18.0 Å². The summed E-state index contributed by atoms with van der Waals surface area (Å²) < 4.78 is 13.3. The van der Waals surface area contributed by atoms with Crippen molar-refractivity contribution in [3.63, 3.8) is 0 Å². The zero-order chi connectivity index (χ0) is 30.1. The molecule has 224 valence electrons. The Kier molecular flexibility index (Phi) is 7.29. The Bertz CT molecular complexity index is 1440. The van der Waals surface area contributed by atoms with Gasteiger partial charge in [-0.05, 0) is 19.1 Å². The Labute approximate surface area is 250 Å². The number of carboxylic acid groups (broad SMARTS) is 2. The summed E-state index contributed by atoms with van der Waals surface area (Å²) in [4.78, 5) is 37.7. The van der Waals surface area contributed by atoms with Gasteiger partial charge in [0.1, 0.15) is 18.1 Å². The molecule has 42 heavy (non-hydrogen) atoms. The van der Waals surface area contributed by atoms with Crippen LogP contribution >= 0.6 is 24.0 Å². The SMILES string of the molecule is C[C@@H](O)[C@@H]1C[N+]2([O-])C(C(=O)O)=C(CN(C=S)N3CCN([N+]4(C5CC5)C=C(C(=O)O)C(=O)c5cc(F)ccc54)CC3)S[C@H]12. The highest BCUT2D eigenvalue weighted by molar-refractivity contribution is 8.03. The van der Waals surface area contributed by atoms with Crippen LogP contribution in [0.15, 0.2) is 40.6 Å². The number of ketones is 1. The maximum absolute atomic E-state index is 14.2. The van der Waals surface area contributed by atoms with Crippen LogP contribution in [-0.4, -0.2) is 115 Å². The quantitative estimate of drug-likeness (QED) is 0.160. The van der Waals surface area contributed by atoms with E-state index in [-0.39, 0.29) is 46.5 Å². The summed E-state index contributed by atoms with van der Waals surface area (Å²) >= 11 is 6.50. The number of hydrogen-bond acceptors (Lipinski definition) is 9. The van der Waals surface area contributed by atoms with Crippen LogP contribution in [0.3, 0.4) is 0 Å². The van der Waals surface area contributed by atoms with Gasteiger partial charge in [0.15, 0.2) is 16.6 Å². The lowest BCUT2D eigenvalue weighted by Gasteiger charge is -2.56. The Morgan fingerprint density at radius 3 is 2.50 bits per heavy atom. The third kappa shape index (κ3) is 4.42. The molecule has 0 bridgehead atoms. The van der Waals surface area contributed by atoms with Gasteiger partial charge in [-0.2, -0.15) is 4.59 Å². The van der Waals surface area contributed by atoms with Gasteiger partial charge in [0.25, 0.3) is 0 Å². The number of quaternary nitrogens is 2. The number of carbonyl (C=O) groups excluding carboxylic acids is 1. The third-order valence-corrected chi connectivity index (χ3v) is 10.8. The van der Waals surface area contributed by atoms with E-state index < -0.39 is 39.7 Å². The van der Waals surface area contributed by atoms with Crippen LogP contribution in [-0.2, 0) is 9.59 Å². The van der Waals surface area contributed by atoms with Crippen LogP contribution in [0.5, 0.6) is 0 Å². The lowest BCUT2D eigenvalue weighted by atomic mass is 9.92. The number of halogens is 1. The number of aliphatic hydroxyl groups excluding tert-OH is 1. The van der Waals surface area contributed by atoms with Crippen molar-refractivity contribution in [2.75, 3.05) is 39.3 Å². The molecule has 0 aromatic heterocycles. The van der Waals surface area contributed by atoms with Crippen molar-refractivity contribution in [3.8, 4) is 0 Å². The normalized spacial score (nSPS) is 32.0. The van der Waals surface area contributed by atoms with E-state index in [1.807, 2.05) is 5.01 Å². The van der Waals surface area contributed by atoms with Crippen LogP contribution in [0.2, 0.25) is 0 Å². The van der Waals surface area contributed by atoms with E-state index in [1.165, 1.54) is 29.5 Å². The molecular formula is C27H31FN5O7S2+. The van der Waals surface area contributed by atoms with Crippen molar-refractivity contribution >= 4 is 52.9 Å². The molecule has 4 aliphatic heterocycles. The van der Waals surface area contributed by atoms with Crippen molar-refractivity contribution in [3.05, 3.63) is 57.2 Å². The van der Waals surface area contributed by atoms with Crippen LogP contribution < -0.4 is 4.59 Å². The molecule has 0 spiro atoms. The molecule has 1 aliphatic carbocycles. The average molecular weight is 621 g/mol. The fraction of sp³-hybridized carbons (Fsp3) is 0.481. The molecule has 1 saturated carbocycles. The molecule has 2 saturated heterocycles. The number of hydrogen-bond donors (Lipinski definition) is 3. The zero-order valence-corrected chi connectivity index (χ0v) is 24.4. The molecule has 0 amide bonds. The van der Waals surface area contributed by atoms with Crippen molar-refractivity contribution in [2.24, 2.45) is 5.92 Å². The van der Waals surface area contributed by atoms with Gasteiger partial charge in [-0.1, -0.05) is 24.0 Å². The first-order valence-corrected chi connectivity index (χ1v) is 15.1. The molecule has 1 aromatic carbocycles. The number of nitrogens with zero attached hydrogens (tertiary/aromatic N) is 5. The van der Waals surface area contributed by atoms with Gasteiger partial charge < -0.3 is 25.2 Å². The molecule has 1 aromatic rings. The summed E-state index contributed by atoms with van der Waals surface area (Å²) in [6, 6.07) is 3.96. The highest BCUT2D eigenvalue weighted by Crippen LogP contribution is 2.55. The number of carboxylic acids is 2. The summed E-state index contributed by atoms with van der Waals surface area (Å²) in [5.74, 6) is -4.27. The molecule has 2 unspecified atom stereocenters. The van der Waals surface area contributed by atoms with Gasteiger partial charge in [-0.25, -0.2) is 19.0 Å². The Morgan fingerprint density at radius 1 is 1.24 bits per heavy atom. The van der Waals surface area contributed by atoms with Gasteiger partial charge in [-0.15, -0.1) is 5.01 Å². The highest BCUT2D eigenvalue weighted by Gasteiger charge is 2.61. The van der Waals surface area contributed by atoms with E-state index in [2.05, 4.69) is 5.01 Å². The van der Waals surface area contributed by atoms with E-state index in [9.17, 15) is 39.3 Å². The molecule has 15 heteroatoms. The average Bonchev–Trinajstić information content (AvgIpc) is 3.76. The number of piperazine rings is 1. The van der Waals surface area contributed by atoms with Crippen molar-refractivity contribution < 1.29 is 38.7 Å². The molecule has 3 N–H and O–H groups in total. The second kappa shape index (κ2) is 10.4. The third-order valence-electron chi connectivity index (χ3n) is 8.97. The smallest absolute Gasteiger partial charge is 0.391 e. The summed E-state index contributed by atoms with van der Waals surface area (Å²) in [6.45, 7) is 3.49. The molecule has 3 fully saturated rings. The second-order valence-corrected chi connectivity index (χ2v) is 12.8. The zero-order valence-electron chi connectivity index (χ0n) is 22.8. The summed E-state index contributed by atoms with van der Waals surface area (Å²) in [6.07, 6.45) is 2.40. The van der Waals surface area contributed by atoms with Crippen molar-refractivity contribution in [1.29, 1.82) is 0 Å². The fourth-order valence-electron chi connectivity index (χ4n) is 6.75. The van der Waals surface area contributed by atoms with Crippen LogP contribution in [0, 0.1) is 16.9 Å². The molecular weight excluding hydrogens is 589 g/mol. The van der Waals surface area contributed by atoms with Crippen molar-refractivity contribution in [2.45, 2.75) is 37.3 Å². The minimum Gasteiger partial charge on any atom is -0.626 e. The molecule has 5 aliphatic rings. The Morgan fingerprint density at radius 2 is 1.93 bits per heavy atom. The first-order valence-electron chi connectivity index (χ1n) is 13.7. The van der Waals surface area contributed by atoms with Gasteiger partial charge in [-0.3, -0.25) is 9.80 Å². The van der Waals surface area contributed by atoms with Gasteiger partial charge >= 0.3 is 11.9 Å². The largest absolute Gasteiger partial charge is 0.626 e. The second-order valence-electron chi connectivity index (χ2n) is 11.4. The number of carbonyl (C=O) groups is 3. The summed E-state index contributed by atoms with van der Waals surface area (Å²) in [5.41, 5.74) is 1.42. The highest BCUT2D eigenvalue weighted by atomic mass is 32.2. The van der Waals surface area contributed by atoms with Crippen LogP contribution in [0.4, 0.5) is 10.1 Å². The molecule has 0 radical (unpaired) electrons. The van der Waals surface area contributed by atoms with Gasteiger partial charge in [0.05, 0.1) is 54.2 Å². The predicted molar refractivity (Wildman–Crippen MR) is 154 cm³/mol. The lowest BCUT2D eigenvalue weighted by molar-refractivity contribution is -0.902. The Hall–Kier alpha value is -2.76. The minimum atomic E-state index is -1.36. The molecule has 4 heterocycles. The number of benzene rings is 1. The number of thiocarbonyl (C=S) groups is 1. The van der Waals surface area contributed by atoms with Crippen molar-refractivity contribution in [1.82, 2.24) is 19.6 Å². The lowest BCUT2D eigenvalue weighted by Crippen LogP contribution is -2.67. The fourth-order valence-corrected chi connectivity index (χ4v) is 8.66. The predicted octanol–water partition coefficient (Wildman–Crippen LogP) is 1.86. The maximum Gasteiger partial charge on any atom is 0.391 e. The monoisotopic (exact) mass is 620 g/mol.